The van der Waals surface area contributed by atoms with Crippen molar-refractivity contribution >= 4 is 51.3 Å². The van der Waals surface area contributed by atoms with Crippen molar-refractivity contribution in [2.24, 2.45) is 0 Å². The summed E-state index contributed by atoms with van der Waals surface area (Å²) in [7, 11) is 1.58. The van der Waals surface area contributed by atoms with E-state index in [9.17, 15) is 14.4 Å². The van der Waals surface area contributed by atoms with Crippen LogP contribution >= 0.6 is 22.9 Å². The molecule has 0 saturated heterocycles. The van der Waals surface area contributed by atoms with Crippen LogP contribution in [0.4, 0.5) is 10.7 Å². The summed E-state index contributed by atoms with van der Waals surface area (Å²) in [5, 5.41) is 15.8. The van der Waals surface area contributed by atoms with E-state index in [2.05, 4.69) is 26.1 Å². The minimum Gasteiger partial charge on any atom is -0.489 e. The Labute approximate surface area is 217 Å². The van der Waals surface area contributed by atoms with E-state index < -0.39 is 0 Å². The fraction of sp³-hybridized carbons (Fsp3) is 0.333. The molecule has 0 atom stereocenters. The molecule has 0 aliphatic heterocycles. The average Bonchev–Trinajstić information content (AvgIpc) is 3.55. The van der Waals surface area contributed by atoms with Gasteiger partial charge in [0, 0.05) is 31.3 Å². The van der Waals surface area contributed by atoms with Gasteiger partial charge in [-0.25, -0.2) is 0 Å². The standard InChI is InChI=1S/C24H28ClN5O5S/c1-34-13-14-35-19-7-6-16(25)15-18(19)28-24(33)20-8-9-22(36-20)29-21(31)5-3-2-4-11-26-23(32)17-10-12-27-30-17/h6-10,12,15H,2-5,11,13-14H2,1H3,(H,26,32)(H,27,30)(H,28,33)(H,29,31). The number of carbonyl (C=O) groups excluding carboxylic acids is 3. The summed E-state index contributed by atoms with van der Waals surface area (Å²) >= 11 is 7.25. The highest BCUT2D eigenvalue weighted by Crippen LogP contribution is 2.30. The largest absolute Gasteiger partial charge is 0.489 e. The van der Waals surface area contributed by atoms with Crippen molar-refractivity contribution in [1.82, 2.24) is 15.5 Å². The highest BCUT2D eigenvalue weighted by atomic mass is 35.5. The predicted molar refractivity (Wildman–Crippen MR) is 139 cm³/mol. The molecular weight excluding hydrogens is 506 g/mol. The third kappa shape index (κ3) is 8.67. The molecule has 0 radical (unpaired) electrons. The van der Waals surface area contributed by atoms with E-state index in [1.54, 1.807) is 43.5 Å². The summed E-state index contributed by atoms with van der Waals surface area (Å²) in [5.41, 5.74) is 0.866. The Hall–Kier alpha value is -3.41. The van der Waals surface area contributed by atoms with Gasteiger partial charge in [0.1, 0.15) is 18.1 Å². The van der Waals surface area contributed by atoms with Crippen LogP contribution in [0.2, 0.25) is 5.02 Å². The highest BCUT2D eigenvalue weighted by molar-refractivity contribution is 7.18. The number of H-pyrrole nitrogens is 1. The second kappa shape index (κ2) is 14.2. The number of thiophene rings is 1. The van der Waals surface area contributed by atoms with Crippen LogP contribution in [0.3, 0.4) is 0 Å². The number of amides is 3. The summed E-state index contributed by atoms with van der Waals surface area (Å²) in [5.74, 6) is -0.186. The van der Waals surface area contributed by atoms with Crippen LogP contribution in [0.25, 0.3) is 0 Å². The number of benzene rings is 1. The van der Waals surface area contributed by atoms with Gasteiger partial charge in [-0.2, -0.15) is 5.10 Å². The van der Waals surface area contributed by atoms with Gasteiger partial charge in [0.2, 0.25) is 5.91 Å². The molecule has 2 heterocycles. The number of nitrogens with one attached hydrogen (secondary N) is 4. The minimum absolute atomic E-state index is 0.131. The van der Waals surface area contributed by atoms with Crippen molar-refractivity contribution in [3.8, 4) is 5.75 Å². The van der Waals surface area contributed by atoms with Crippen LogP contribution < -0.4 is 20.7 Å². The first-order valence-electron chi connectivity index (χ1n) is 11.4. The molecule has 0 aliphatic rings. The van der Waals surface area contributed by atoms with Crippen molar-refractivity contribution in [3.63, 3.8) is 0 Å². The van der Waals surface area contributed by atoms with E-state index in [0.717, 1.165) is 12.8 Å². The van der Waals surface area contributed by atoms with E-state index in [1.165, 1.54) is 17.5 Å². The fourth-order valence-corrected chi connectivity index (χ4v) is 4.13. The number of hydrogen-bond acceptors (Lipinski definition) is 7. The van der Waals surface area contributed by atoms with E-state index in [4.69, 9.17) is 21.1 Å². The number of halogens is 1. The Morgan fingerprint density at radius 3 is 2.67 bits per heavy atom. The van der Waals surface area contributed by atoms with Gasteiger partial charge in [-0.1, -0.05) is 18.0 Å². The second-order valence-corrected chi connectivity index (χ2v) is 9.21. The summed E-state index contributed by atoms with van der Waals surface area (Å²) in [4.78, 5) is 37.2. The zero-order chi connectivity index (χ0) is 25.8. The van der Waals surface area contributed by atoms with E-state index in [1.807, 2.05) is 0 Å². The number of carbonyl (C=O) groups is 3. The van der Waals surface area contributed by atoms with Gasteiger partial charge in [0.15, 0.2) is 0 Å². The van der Waals surface area contributed by atoms with Crippen LogP contribution in [-0.2, 0) is 9.53 Å². The first-order chi connectivity index (χ1) is 17.5. The molecule has 0 fully saturated rings. The van der Waals surface area contributed by atoms with Gasteiger partial charge in [0.05, 0.1) is 22.2 Å². The highest BCUT2D eigenvalue weighted by Gasteiger charge is 2.14. The topological polar surface area (TPSA) is 134 Å². The number of aromatic nitrogens is 2. The van der Waals surface area contributed by atoms with Crippen molar-refractivity contribution in [2.75, 3.05) is 37.5 Å². The second-order valence-electron chi connectivity index (χ2n) is 7.68. The maximum absolute atomic E-state index is 12.7. The summed E-state index contributed by atoms with van der Waals surface area (Å²) in [6.07, 6.45) is 4.11. The monoisotopic (exact) mass is 533 g/mol. The Balaban J connectivity index is 1.39. The molecule has 0 spiro atoms. The van der Waals surface area contributed by atoms with Crippen LogP contribution in [0.15, 0.2) is 42.6 Å². The maximum Gasteiger partial charge on any atom is 0.269 e. The molecule has 3 rings (SSSR count). The normalized spacial score (nSPS) is 10.6. The van der Waals surface area contributed by atoms with Crippen molar-refractivity contribution in [3.05, 3.63) is 58.2 Å². The van der Waals surface area contributed by atoms with Gasteiger partial charge < -0.3 is 25.4 Å². The zero-order valence-corrected chi connectivity index (χ0v) is 21.3. The van der Waals surface area contributed by atoms with Gasteiger partial charge in [-0.3, -0.25) is 19.5 Å². The van der Waals surface area contributed by atoms with Gasteiger partial charge in [0.25, 0.3) is 11.8 Å². The van der Waals surface area contributed by atoms with Crippen LogP contribution in [0.1, 0.15) is 45.8 Å². The SMILES string of the molecule is COCCOc1ccc(Cl)cc1NC(=O)c1ccc(NC(=O)CCCCCNC(=O)c2ccn[nH]2)s1. The molecule has 192 valence electrons. The predicted octanol–water partition coefficient (Wildman–Crippen LogP) is 4.33. The van der Waals surface area contributed by atoms with Crippen molar-refractivity contribution in [2.45, 2.75) is 25.7 Å². The van der Waals surface area contributed by atoms with Crippen LogP contribution in [0, 0.1) is 0 Å². The first kappa shape index (κ1) is 27.2. The Bertz CT molecular complexity index is 1150. The Morgan fingerprint density at radius 1 is 1.03 bits per heavy atom. The number of methoxy groups -OCH3 is 1. The Morgan fingerprint density at radius 2 is 1.89 bits per heavy atom. The number of aromatic amines is 1. The van der Waals surface area contributed by atoms with Gasteiger partial charge >= 0.3 is 0 Å². The molecule has 3 aromatic rings. The quantitative estimate of drug-likeness (QED) is 0.228. The summed E-state index contributed by atoms with van der Waals surface area (Å²) in [6.45, 7) is 1.26. The van der Waals surface area contributed by atoms with E-state index in [-0.39, 0.29) is 17.7 Å². The van der Waals surface area contributed by atoms with Crippen molar-refractivity contribution in [1.29, 1.82) is 0 Å². The zero-order valence-electron chi connectivity index (χ0n) is 19.8. The molecule has 2 aromatic heterocycles. The number of anilines is 2. The smallest absolute Gasteiger partial charge is 0.269 e. The summed E-state index contributed by atoms with van der Waals surface area (Å²) < 4.78 is 10.6. The van der Waals surface area contributed by atoms with Crippen LogP contribution in [0.5, 0.6) is 5.75 Å². The van der Waals surface area contributed by atoms with Crippen molar-refractivity contribution < 1.29 is 23.9 Å². The Kier molecular flexibility index (Phi) is 10.7. The minimum atomic E-state index is -0.337. The molecule has 12 heteroatoms. The third-order valence-electron chi connectivity index (χ3n) is 4.94. The number of nitrogens with zero attached hydrogens (tertiary/aromatic N) is 1. The third-order valence-corrected chi connectivity index (χ3v) is 6.17. The van der Waals surface area contributed by atoms with Gasteiger partial charge in [-0.15, -0.1) is 11.3 Å². The molecule has 36 heavy (non-hydrogen) atoms. The lowest BCUT2D eigenvalue weighted by molar-refractivity contribution is -0.116. The number of unbranched alkanes of at least 4 members (excludes halogenated alkanes) is 2. The maximum atomic E-state index is 12.7. The average molecular weight is 534 g/mol. The summed E-state index contributed by atoms with van der Waals surface area (Å²) in [6, 6.07) is 9.91. The lowest BCUT2D eigenvalue weighted by Crippen LogP contribution is -2.24. The molecule has 10 nitrogen and oxygen atoms in total. The molecular formula is C24H28ClN5O5S. The first-order valence-corrected chi connectivity index (χ1v) is 12.6. The number of hydrogen-bond donors (Lipinski definition) is 4. The van der Waals surface area contributed by atoms with E-state index in [0.29, 0.717) is 64.6 Å². The molecule has 0 saturated carbocycles. The molecule has 0 aliphatic carbocycles. The lowest BCUT2D eigenvalue weighted by atomic mass is 10.2. The fourth-order valence-electron chi connectivity index (χ4n) is 3.14. The molecule has 4 N–H and O–H groups in total. The molecule has 3 amide bonds. The molecule has 1 aromatic carbocycles. The van der Waals surface area contributed by atoms with Crippen LogP contribution in [-0.4, -0.2) is 54.8 Å². The van der Waals surface area contributed by atoms with Gasteiger partial charge in [-0.05, 0) is 49.2 Å². The number of rotatable bonds is 14. The lowest BCUT2D eigenvalue weighted by Gasteiger charge is -2.12. The molecule has 0 bridgehead atoms. The van der Waals surface area contributed by atoms with E-state index >= 15 is 0 Å². The molecule has 0 unspecified atom stereocenters. The number of ether oxygens (including phenoxy) is 2.